The van der Waals surface area contributed by atoms with Gasteiger partial charge in [-0.15, -0.1) is 146 Å². The minimum Gasteiger partial charge on any atom is -0.305 e. The zero-order chi connectivity index (χ0) is 83.0. The van der Waals surface area contributed by atoms with Gasteiger partial charge < -0.3 is 24.9 Å². The van der Waals surface area contributed by atoms with Crippen LogP contribution in [0.25, 0.3) is 132 Å². The number of hydrogen-bond acceptors (Lipinski definition) is 5. The Hall–Kier alpha value is -7.98. The average Bonchev–Trinajstić information content (AvgIpc) is 0.801. The van der Waals surface area contributed by atoms with Crippen molar-refractivity contribution in [2.75, 3.05) is 0 Å². The summed E-state index contributed by atoms with van der Waals surface area (Å²) in [5.41, 5.74) is 19.4. The number of fused-ring (bicyclic) bond motifs is 5. The Morgan fingerprint density at radius 2 is 0.672 bits per heavy atom. The first-order chi connectivity index (χ1) is 55.8. The van der Waals surface area contributed by atoms with Gasteiger partial charge >= 0.3 is 0 Å². The third-order valence-corrected chi connectivity index (χ3v) is 32.0. The molecule has 0 aliphatic carbocycles. The minimum atomic E-state index is -1.50. The molecule has 5 aromatic heterocycles. The van der Waals surface area contributed by atoms with Crippen LogP contribution in [0, 0.1) is 44.2 Å². The molecule has 0 atom stereocenters. The summed E-state index contributed by atoms with van der Waals surface area (Å²) < 4.78 is 0. The molecule has 0 unspecified atom stereocenters. The minimum absolute atomic E-state index is 0. The van der Waals surface area contributed by atoms with E-state index in [1.54, 1.807) is 0 Å². The molecule has 0 fully saturated rings. The van der Waals surface area contributed by atoms with Gasteiger partial charge in [-0.3, -0.25) is 0 Å². The van der Waals surface area contributed by atoms with Gasteiger partial charge in [-0.2, -0.15) is 0 Å². The third kappa shape index (κ3) is 24.4. The molecule has 0 N–H and O–H groups in total. The van der Waals surface area contributed by atoms with Crippen LogP contribution in [0.3, 0.4) is 0 Å². The second-order valence-corrected chi connectivity index (χ2v) is 61.2. The van der Waals surface area contributed by atoms with Crippen LogP contribution in [0.1, 0.15) is 36.6 Å². The molecule has 17 aromatic rings. The van der Waals surface area contributed by atoms with Crippen molar-refractivity contribution in [3.63, 3.8) is 0 Å². The molecule has 0 aliphatic heterocycles. The standard InChI is InChI=1S/2C24H22NSi.C21H24NSi.2C19H20NSi.5Ir/c1-26(2,3)24-17-25-23(16-22(24)19-10-5-4-6-11-19)21-14-13-18-9-7-8-12-20(18)15-21;1-26(2,3)22-16-23(19-10-5-4-6-11-19)24(25-17-22)21-14-13-18-9-7-8-12-20(18)15-21;1-15(2)19-13-20(22-14-21(19)23(3,4)5)18-12-8-10-16-9-6-7-11-17(16)18;1-14-12-18(20-13-19(14)21(2,3)4)17-11-7-9-15-8-5-6-10-16(15)17;1-14-19(21(2,3)4)13-12-18(20-14)17-11-7-9-15-8-5-6-10-16(15)17;;;;;/h2*4-13,15-17H,1-3H3;6-11,13-15H,1-5H3;2*5-10,12-13H,1-4H3;;;;;/q5*-1;;;;;. The second kappa shape index (κ2) is 43.3. The summed E-state index contributed by atoms with van der Waals surface area (Å²) in [5.74, 6) is 0.508. The van der Waals surface area contributed by atoms with E-state index in [1.165, 1.54) is 113 Å². The topological polar surface area (TPSA) is 64.5 Å². The van der Waals surface area contributed by atoms with E-state index >= 15 is 0 Å². The monoisotopic (exact) mass is 2570 g/mol. The van der Waals surface area contributed by atoms with Crippen molar-refractivity contribution in [1.82, 2.24) is 24.9 Å². The predicted molar refractivity (Wildman–Crippen MR) is 519 cm³/mol. The van der Waals surface area contributed by atoms with Crippen LogP contribution in [0.15, 0.2) is 304 Å². The first kappa shape index (κ1) is 99.4. The van der Waals surface area contributed by atoms with Gasteiger partial charge in [0, 0.05) is 131 Å². The number of nitrogens with zero attached hydrogens (tertiary/aromatic N) is 5. The summed E-state index contributed by atoms with van der Waals surface area (Å²) in [6.07, 6.45) is 8.35. The Kier molecular flexibility index (Phi) is 35.3. The van der Waals surface area contributed by atoms with Crippen LogP contribution in [0.5, 0.6) is 0 Å². The zero-order valence-electron chi connectivity index (χ0n) is 73.3. The Morgan fingerprint density at radius 3 is 1.11 bits per heavy atom. The van der Waals surface area contributed by atoms with Gasteiger partial charge in [-0.1, -0.05) is 368 Å². The van der Waals surface area contributed by atoms with Crippen molar-refractivity contribution in [2.24, 2.45) is 0 Å². The van der Waals surface area contributed by atoms with Gasteiger partial charge in [0.1, 0.15) is 0 Å². The van der Waals surface area contributed by atoms with Gasteiger partial charge in [0.15, 0.2) is 0 Å². The predicted octanol–water partition coefficient (Wildman–Crippen LogP) is 26.3. The van der Waals surface area contributed by atoms with Crippen molar-refractivity contribution in [3.05, 3.63) is 351 Å². The number of pyridine rings is 5. The number of hydrogen-bond donors (Lipinski definition) is 0. The van der Waals surface area contributed by atoms with E-state index in [9.17, 15) is 0 Å². The summed E-state index contributed by atoms with van der Waals surface area (Å²) in [6.45, 7) is 44.4. The molecule has 5 nitrogen and oxygen atoms in total. The largest absolute Gasteiger partial charge is 0.305 e. The first-order valence-electron chi connectivity index (χ1n) is 40.9. The van der Waals surface area contributed by atoms with Gasteiger partial charge in [-0.05, 0) is 96.4 Å². The number of benzene rings is 12. The molecular weight excluding hydrogens is 2460 g/mol. The maximum atomic E-state index is 4.90. The fraction of sp³-hybridized carbons (Fsp3) is 0.187. The van der Waals surface area contributed by atoms with Crippen LogP contribution < -0.4 is 25.9 Å². The van der Waals surface area contributed by atoms with E-state index in [1.807, 2.05) is 18.2 Å². The zero-order valence-corrected chi connectivity index (χ0v) is 90.3. The van der Waals surface area contributed by atoms with E-state index in [0.717, 1.165) is 62.0 Å². The second-order valence-electron chi connectivity index (χ2n) is 36.0. The normalized spacial score (nSPS) is 11.3. The van der Waals surface area contributed by atoms with Crippen LogP contribution in [0.4, 0.5) is 0 Å². The number of rotatable bonds is 13. The quantitative estimate of drug-likeness (QED) is 0.0850. The molecule has 0 amide bonds. The number of aryl methyl sites for hydroxylation is 2. The van der Waals surface area contributed by atoms with Crippen LogP contribution in [-0.2, 0) is 101 Å². The average molecular weight is 2570 g/mol. The summed E-state index contributed by atoms with van der Waals surface area (Å²) in [6, 6.07) is 115. The molecule has 0 saturated heterocycles. The Morgan fingerprint density at radius 1 is 0.287 bits per heavy atom. The molecule has 15 heteroatoms. The summed E-state index contributed by atoms with van der Waals surface area (Å²) in [7, 11) is -6.99. The number of aromatic nitrogens is 5. The van der Waals surface area contributed by atoms with E-state index in [0.29, 0.717) is 5.92 Å². The molecule has 0 bridgehead atoms. The van der Waals surface area contributed by atoms with Crippen molar-refractivity contribution in [1.29, 1.82) is 0 Å². The molecule has 631 valence electrons. The van der Waals surface area contributed by atoms with E-state index < -0.39 is 40.4 Å². The van der Waals surface area contributed by atoms with E-state index in [4.69, 9.17) is 24.9 Å². The van der Waals surface area contributed by atoms with Gasteiger partial charge in [0.05, 0.1) is 40.4 Å². The van der Waals surface area contributed by atoms with Crippen LogP contribution in [0.2, 0.25) is 98.2 Å². The Bertz CT molecular complexity index is 6240. The van der Waals surface area contributed by atoms with Gasteiger partial charge in [-0.25, -0.2) is 0 Å². The Labute approximate surface area is 798 Å². The molecule has 0 spiro atoms. The smallest absolute Gasteiger partial charge is 0.0803 e. The maximum Gasteiger partial charge on any atom is 0.0803 e. The van der Waals surface area contributed by atoms with Crippen molar-refractivity contribution < 1.29 is 101 Å². The molecule has 5 heterocycles. The molecule has 0 saturated carbocycles. The summed E-state index contributed by atoms with van der Waals surface area (Å²) >= 11 is 0. The fourth-order valence-electron chi connectivity index (χ4n) is 15.3. The SMILES string of the molecule is CC(C)c1cc(-c2[c-]ccc3ccccc23)ncc1[Si](C)(C)C.C[Si](C)(C)c1cnc(-c2[c-]cc3ccccc3c2)c(-c2ccccc2)c1.C[Si](C)(C)c1cnc(-c2[c-]cc3ccccc3c2)cc1-c1ccccc1.Cc1cc(-c2[c-]ccc3ccccc23)ncc1[Si](C)(C)C.Cc1nc(-c2[c-]ccc3ccccc23)ccc1[Si](C)(C)C.[Ir].[Ir].[Ir].[Ir].[Ir]. The van der Waals surface area contributed by atoms with Crippen molar-refractivity contribution >= 4 is 120 Å². The molecule has 0 aliphatic rings. The fourth-order valence-corrected chi connectivity index (χ4v) is 22.9. The van der Waals surface area contributed by atoms with Crippen molar-refractivity contribution in [2.45, 2.75) is 132 Å². The molecule has 17 rings (SSSR count). The molecule has 12 aromatic carbocycles. The summed E-state index contributed by atoms with van der Waals surface area (Å²) in [5, 5.41) is 19.3. The van der Waals surface area contributed by atoms with Crippen LogP contribution in [-0.4, -0.2) is 65.3 Å². The first-order valence-corrected chi connectivity index (χ1v) is 58.4. The van der Waals surface area contributed by atoms with E-state index in [2.05, 4.69) is 442 Å². The molecule has 5 radical (unpaired) electrons. The maximum absolute atomic E-state index is 4.90. The molecule has 122 heavy (non-hydrogen) atoms. The summed E-state index contributed by atoms with van der Waals surface area (Å²) in [4.78, 5) is 24.1. The Balaban J connectivity index is 0.000000188. The van der Waals surface area contributed by atoms with Crippen LogP contribution >= 0.6 is 0 Å². The molecular formula is C107H108Ir5N5Si5-5. The van der Waals surface area contributed by atoms with Gasteiger partial charge in [0.25, 0.3) is 0 Å². The van der Waals surface area contributed by atoms with Gasteiger partial charge in [0.2, 0.25) is 0 Å². The van der Waals surface area contributed by atoms with E-state index in [-0.39, 0.29) is 101 Å². The van der Waals surface area contributed by atoms with Crippen molar-refractivity contribution in [3.8, 4) is 78.5 Å². The third-order valence-electron chi connectivity index (χ3n) is 21.6.